The first-order chi connectivity index (χ1) is 9.87. The molecule has 0 radical (unpaired) electrons. The number of halogens is 1. The van der Waals surface area contributed by atoms with Gasteiger partial charge in [0.2, 0.25) is 5.91 Å². The van der Waals surface area contributed by atoms with Gasteiger partial charge in [-0.25, -0.2) is 8.42 Å². The van der Waals surface area contributed by atoms with E-state index in [1.807, 2.05) is 24.3 Å². The van der Waals surface area contributed by atoms with E-state index in [4.69, 9.17) is 11.6 Å². The molecule has 116 valence electrons. The summed E-state index contributed by atoms with van der Waals surface area (Å²) in [7, 11) is -1.26. The van der Waals surface area contributed by atoms with Gasteiger partial charge in [0.05, 0.1) is 11.5 Å². The number of hydrogen-bond acceptors (Lipinski definition) is 4. The third-order valence-corrected chi connectivity index (χ3v) is 6.56. The summed E-state index contributed by atoms with van der Waals surface area (Å²) in [6.07, 6.45) is 0.954. The number of amides is 1. The minimum Gasteiger partial charge on any atom is -0.342 e. The van der Waals surface area contributed by atoms with Crippen molar-refractivity contribution in [2.45, 2.75) is 23.8 Å². The summed E-state index contributed by atoms with van der Waals surface area (Å²) >= 11 is 7.41. The van der Waals surface area contributed by atoms with Crippen LogP contribution in [-0.4, -0.2) is 49.6 Å². The molecule has 0 saturated carbocycles. The molecule has 0 N–H and O–H groups in total. The van der Waals surface area contributed by atoms with Gasteiger partial charge < -0.3 is 4.90 Å². The van der Waals surface area contributed by atoms with Gasteiger partial charge >= 0.3 is 0 Å². The second-order valence-electron chi connectivity index (χ2n) is 5.11. The molecule has 1 unspecified atom stereocenters. The van der Waals surface area contributed by atoms with Crippen LogP contribution in [0, 0.1) is 0 Å². The lowest BCUT2D eigenvalue weighted by Crippen LogP contribution is -2.37. The summed E-state index contributed by atoms with van der Waals surface area (Å²) in [5, 5.41) is 0.692. The number of carbonyl (C=O) groups excluding carboxylic acids is 1. The van der Waals surface area contributed by atoms with E-state index in [0.29, 0.717) is 23.6 Å². The predicted octanol–water partition coefficient (Wildman–Crippen LogP) is 2.47. The average molecular weight is 348 g/mol. The molecule has 0 bridgehead atoms. The van der Waals surface area contributed by atoms with Crippen LogP contribution in [0.25, 0.3) is 0 Å². The molecule has 0 aromatic heterocycles. The first-order valence-corrected chi connectivity index (χ1v) is 9.90. The molecule has 1 aliphatic rings. The highest BCUT2D eigenvalue weighted by Gasteiger charge is 2.32. The second kappa shape index (κ2) is 7.03. The van der Waals surface area contributed by atoms with Crippen molar-refractivity contribution in [2.75, 3.05) is 24.3 Å². The van der Waals surface area contributed by atoms with Crippen molar-refractivity contribution in [3.8, 4) is 0 Å². The minimum absolute atomic E-state index is 0.00133. The summed E-state index contributed by atoms with van der Waals surface area (Å²) in [5.41, 5.74) is 0. The highest BCUT2D eigenvalue weighted by Crippen LogP contribution is 2.22. The van der Waals surface area contributed by atoms with Gasteiger partial charge in [0, 0.05) is 35.2 Å². The van der Waals surface area contributed by atoms with Crippen LogP contribution in [0.5, 0.6) is 0 Å². The van der Waals surface area contributed by atoms with Gasteiger partial charge in [0.1, 0.15) is 0 Å². The first-order valence-electron chi connectivity index (χ1n) is 6.72. The number of rotatable bonds is 5. The molecule has 0 spiro atoms. The van der Waals surface area contributed by atoms with Crippen molar-refractivity contribution >= 4 is 39.1 Å². The highest BCUT2D eigenvalue weighted by atomic mass is 35.5. The first kappa shape index (κ1) is 16.6. The van der Waals surface area contributed by atoms with Crippen LogP contribution in [0.3, 0.4) is 0 Å². The molecular weight excluding hydrogens is 330 g/mol. The lowest BCUT2D eigenvalue weighted by Gasteiger charge is -2.23. The molecule has 1 saturated heterocycles. The van der Waals surface area contributed by atoms with E-state index in [-0.39, 0.29) is 23.5 Å². The highest BCUT2D eigenvalue weighted by molar-refractivity contribution is 7.99. The third kappa shape index (κ3) is 4.90. The molecule has 0 aliphatic carbocycles. The zero-order valence-corrected chi connectivity index (χ0v) is 14.2. The van der Waals surface area contributed by atoms with Crippen LogP contribution in [-0.2, 0) is 14.6 Å². The molecule has 1 heterocycles. The fraction of sp³-hybridized carbons (Fsp3) is 0.500. The number of benzene rings is 1. The zero-order valence-electron chi connectivity index (χ0n) is 11.8. The Kier molecular flexibility index (Phi) is 5.57. The molecule has 21 heavy (non-hydrogen) atoms. The Morgan fingerprint density at radius 1 is 1.38 bits per heavy atom. The summed E-state index contributed by atoms with van der Waals surface area (Å²) in [5.74, 6) is 0.956. The summed E-state index contributed by atoms with van der Waals surface area (Å²) in [6, 6.07) is 7.32. The van der Waals surface area contributed by atoms with Gasteiger partial charge in [-0.2, -0.15) is 0 Å². The van der Waals surface area contributed by atoms with Gasteiger partial charge in [-0.3, -0.25) is 4.79 Å². The topological polar surface area (TPSA) is 54.5 Å². The summed E-state index contributed by atoms with van der Waals surface area (Å²) in [6.45, 7) is 0. The van der Waals surface area contributed by atoms with Crippen molar-refractivity contribution in [2.24, 2.45) is 0 Å². The molecule has 1 atom stereocenters. The third-order valence-electron chi connectivity index (χ3n) is 3.55. The summed E-state index contributed by atoms with van der Waals surface area (Å²) in [4.78, 5) is 14.7. The SMILES string of the molecule is CN(C(=O)CCSc1ccc(Cl)cc1)C1CCS(=O)(=O)C1. The van der Waals surface area contributed by atoms with Crippen LogP contribution in [0.15, 0.2) is 29.2 Å². The van der Waals surface area contributed by atoms with Crippen molar-refractivity contribution < 1.29 is 13.2 Å². The van der Waals surface area contributed by atoms with Crippen LogP contribution in [0.4, 0.5) is 0 Å². The maximum absolute atomic E-state index is 12.1. The van der Waals surface area contributed by atoms with Gasteiger partial charge in [0.15, 0.2) is 9.84 Å². The number of hydrogen-bond donors (Lipinski definition) is 0. The van der Waals surface area contributed by atoms with Crippen LogP contribution < -0.4 is 0 Å². The van der Waals surface area contributed by atoms with E-state index in [9.17, 15) is 13.2 Å². The molecule has 1 aromatic carbocycles. The lowest BCUT2D eigenvalue weighted by atomic mass is 10.2. The maximum atomic E-state index is 12.1. The van der Waals surface area contributed by atoms with Crippen molar-refractivity contribution in [1.82, 2.24) is 4.90 Å². The Morgan fingerprint density at radius 3 is 2.62 bits per heavy atom. The molecule has 4 nitrogen and oxygen atoms in total. The van der Waals surface area contributed by atoms with E-state index in [1.165, 1.54) is 0 Å². The number of thioether (sulfide) groups is 1. The average Bonchev–Trinajstić information content (AvgIpc) is 2.80. The molecule has 1 amide bonds. The van der Waals surface area contributed by atoms with E-state index in [1.54, 1.807) is 23.7 Å². The van der Waals surface area contributed by atoms with Crippen LogP contribution in [0.1, 0.15) is 12.8 Å². The van der Waals surface area contributed by atoms with Crippen LogP contribution >= 0.6 is 23.4 Å². The predicted molar refractivity (Wildman–Crippen MR) is 86.6 cm³/mol. The standard InChI is InChI=1S/C14H18ClNO3S2/c1-16(12-7-9-21(18,19)10-12)14(17)6-8-20-13-4-2-11(15)3-5-13/h2-5,12H,6-10H2,1H3. The van der Waals surface area contributed by atoms with Gasteiger partial charge in [0.25, 0.3) is 0 Å². The largest absolute Gasteiger partial charge is 0.342 e. The molecule has 2 rings (SSSR count). The van der Waals surface area contributed by atoms with Crippen molar-refractivity contribution in [3.05, 3.63) is 29.3 Å². The number of sulfone groups is 1. The Hall–Kier alpha value is -0.720. The van der Waals surface area contributed by atoms with Crippen LogP contribution in [0.2, 0.25) is 5.02 Å². The van der Waals surface area contributed by atoms with Gasteiger partial charge in [-0.05, 0) is 30.7 Å². The molecular formula is C14H18ClNO3S2. The smallest absolute Gasteiger partial charge is 0.223 e. The zero-order chi connectivity index (χ0) is 15.5. The van der Waals surface area contributed by atoms with Gasteiger partial charge in [-0.15, -0.1) is 11.8 Å². The lowest BCUT2D eigenvalue weighted by molar-refractivity contribution is -0.131. The number of nitrogens with zero attached hydrogens (tertiary/aromatic N) is 1. The quantitative estimate of drug-likeness (QED) is 0.768. The Bertz CT molecular complexity index is 601. The van der Waals surface area contributed by atoms with E-state index < -0.39 is 9.84 Å². The minimum atomic E-state index is -2.95. The molecule has 1 fully saturated rings. The monoisotopic (exact) mass is 347 g/mol. The van der Waals surface area contributed by atoms with E-state index in [2.05, 4.69) is 0 Å². The Balaban J connectivity index is 1.78. The Labute approximate surface area is 134 Å². The summed E-state index contributed by atoms with van der Waals surface area (Å²) < 4.78 is 22.9. The van der Waals surface area contributed by atoms with Crippen molar-refractivity contribution in [3.63, 3.8) is 0 Å². The fourth-order valence-electron chi connectivity index (χ4n) is 2.25. The molecule has 7 heteroatoms. The number of carbonyl (C=O) groups is 1. The second-order valence-corrected chi connectivity index (χ2v) is 8.95. The fourth-order valence-corrected chi connectivity index (χ4v) is 4.99. The molecule has 1 aliphatic heterocycles. The normalized spacial score (nSPS) is 20.4. The van der Waals surface area contributed by atoms with E-state index >= 15 is 0 Å². The molecule has 1 aromatic rings. The van der Waals surface area contributed by atoms with Crippen molar-refractivity contribution in [1.29, 1.82) is 0 Å². The van der Waals surface area contributed by atoms with Gasteiger partial charge in [-0.1, -0.05) is 11.6 Å². The Morgan fingerprint density at radius 2 is 2.05 bits per heavy atom. The maximum Gasteiger partial charge on any atom is 0.223 e. The van der Waals surface area contributed by atoms with E-state index in [0.717, 1.165) is 4.90 Å².